The van der Waals surface area contributed by atoms with Crippen LogP contribution in [0.2, 0.25) is 0 Å². The van der Waals surface area contributed by atoms with Crippen LogP contribution in [0.1, 0.15) is 22.5 Å². The lowest BCUT2D eigenvalue weighted by atomic mass is 10.1. The molecule has 2 N–H and O–H groups in total. The van der Waals surface area contributed by atoms with Crippen LogP contribution in [0.15, 0.2) is 30.6 Å². The SMILES string of the molecule is Cc1cc(N(C)CCc2ccncc2)c(C(N)=S)c(C)n1. The van der Waals surface area contributed by atoms with Gasteiger partial charge in [0.05, 0.1) is 11.3 Å². The summed E-state index contributed by atoms with van der Waals surface area (Å²) in [5.74, 6) is 0. The molecule has 4 nitrogen and oxygen atoms in total. The third-order valence-corrected chi connectivity index (χ3v) is 3.65. The normalized spacial score (nSPS) is 10.4. The molecule has 0 unspecified atom stereocenters. The van der Waals surface area contributed by atoms with Crippen molar-refractivity contribution in [2.75, 3.05) is 18.5 Å². The van der Waals surface area contributed by atoms with Crippen LogP contribution in [0.4, 0.5) is 5.69 Å². The third-order valence-electron chi connectivity index (χ3n) is 3.45. The van der Waals surface area contributed by atoms with Gasteiger partial charge in [0.1, 0.15) is 4.99 Å². The van der Waals surface area contributed by atoms with E-state index in [1.54, 1.807) is 0 Å². The molecule has 0 radical (unpaired) electrons. The Balaban J connectivity index is 2.22. The lowest BCUT2D eigenvalue weighted by Gasteiger charge is -2.23. The summed E-state index contributed by atoms with van der Waals surface area (Å²) in [6, 6.07) is 6.10. The zero-order valence-electron chi connectivity index (χ0n) is 12.6. The Hall–Kier alpha value is -2.01. The number of likely N-dealkylation sites (N-methyl/N-ethyl adjacent to an activating group) is 1. The average molecular weight is 300 g/mol. The van der Waals surface area contributed by atoms with Crippen molar-refractivity contribution in [1.82, 2.24) is 9.97 Å². The summed E-state index contributed by atoms with van der Waals surface area (Å²) in [5.41, 5.74) is 10.9. The second-order valence-corrected chi connectivity index (χ2v) is 5.57. The van der Waals surface area contributed by atoms with Gasteiger partial charge in [0.25, 0.3) is 0 Å². The quantitative estimate of drug-likeness (QED) is 0.859. The van der Waals surface area contributed by atoms with Crippen LogP contribution < -0.4 is 10.6 Å². The van der Waals surface area contributed by atoms with E-state index in [0.29, 0.717) is 4.99 Å². The molecule has 2 aromatic heterocycles. The summed E-state index contributed by atoms with van der Waals surface area (Å²) in [6.07, 6.45) is 4.57. The average Bonchev–Trinajstić information content (AvgIpc) is 2.44. The monoisotopic (exact) mass is 300 g/mol. The molecule has 21 heavy (non-hydrogen) atoms. The standard InChI is InChI=1S/C16H20N4S/c1-11-10-14(15(16(17)21)12(2)19-11)20(3)9-6-13-4-7-18-8-5-13/h4-5,7-8,10H,6,9H2,1-3H3,(H2,17,21). The number of hydrogen-bond acceptors (Lipinski definition) is 4. The Morgan fingerprint density at radius 2 is 1.95 bits per heavy atom. The predicted molar refractivity (Wildman–Crippen MR) is 90.8 cm³/mol. The maximum absolute atomic E-state index is 5.87. The van der Waals surface area contributed by atoms with Crippen LogP contribution in [0.25, 0.3) is 0 Å². The van der Waals surface area contributed by atoms with E-state index < -0.39 is 0 Å². The molecule has 0 fully saturated rings. The molecule has 0 aliphatic heterocycles. The highest BCUT2D eigenvalue weighted by molar-refractivity contribution is 7.80. The zero-order chi connectivity index (χ0) is 15.4. The molecule has 0 aliphatic carbocycles. The van der Waals surface area contributed by atoms with Gasteiger partial charge in [-0.2, -0.15) is 0 Å². The largest absolute Gasteiger partial charge is 0.389 e. The third kappa shape index (κ3) is 3.76. The van der Waals surface area contributed by atoms with Gasteiger partial charge in [-0.05, 0) is 44.0 Å². The molecular formula is C16H20N4S. The number of aryl methyl sites for hydroxylation is 2. The first-order valence-electron chi connectivity index (χ1n) is 6.87. The molecule has 0 aromatic carbocycles. The summed E-state index contributed by atoms with van der Waals surface area (Å²) >= 11 is 5.18. The van der Waals surface area contributed by atoms with Gasteiger partial charge in [-0.25, -0.2) is 0 Å². The van der Waals surface area contributed by atoms with Crippen molar-refractivity contribution in [2.45, 2.75) is 20.3 Å². The Bertz CT molecular complexity index is 640. The molecule has 2 rings (SSSR count). The van der Waals surface area contributed by atoms with E-state index in [4.69, 9.17) is 18.0 Å². The van der Waals surface area contributed by atoms with Gasteiger partial charge in [-0.1, -0.05) is 12.2 Å². The molecule has 0 aliphatic rings. The minimum atomic E-state index is 0.394. The first-order chi connectivity index (χ1) is 9.99. The van der Waals surface area contributed by atoms with Crippen molar-refractivity contribution in [3.8, 4) is 0 Å². The molecule has 0 saturated carbocycles. The Morgan fingerprint density at radius 1 is 1.29 bits per heavy atom. The molecule has 0 amide bonds. The van der Waals surface area contributed by atoms with E-state index in [-0.39, 0.29) is 0 Å². The van der Waals surface area contributed by atoms with Gasteiger partial charge >= 0.3 is 0 Å². The van der Waals surface area contributed by atoms with E-state index in [9.17, 15) is 0 Å². The highest BCUT2D eigenvalue weighted by Gasteiger charge is 2.14. The first kappa shape index (κ1) is 15.4. The number of pyridine rings is 2. The second kappa shape index (κ2) is 6.63. The smallest absolute Gasteiger partial charge is 0.107 e. The van der Waals surface area contributed by atoms with Gasteiger partial charge in [-0.15, -0.1) is 0 Å². The van der Waals surface area contributed by atoms with Gasteiger partial charge in [-0.3, -0.25) is 9.97 Å². The lowest BCUT2D eigenvalue weighted by molar-refractivity contribution is 0.869. The number of aromatic nitrogens is 2. The maximum Gasteiger partial charge on any atom is 0.107 e. The molecule has 5 heteroatoms. The maximum atomic E-state index is 5.87. The van der Waals surface area contributed by atoms with E-state index in [1.165, 1.54) is 5.56 Å². The van der Waals surface area contributed by atoms with Crippen LogP contribution >= 0.6 is 12.2 Å². The summed E-state index contributed by atoms with van der Waals surface area (Å²) in [4.78, 5) is 11.1. The van der Waals surface area contributed by atoms with Crippen molar-refractivity contribution >= 4 is 22.9 Å². The molecule has 2 heterocycles. The van der Waals surface area contributed by atoms with Crippen LogP contribution in [-0.4, -0.2) is 28.5 Å². The summed E-state index contributed by atoms with van der Waals surface area (Å²) < 4.78 is 0. The van der Waals surface area contributed by atoms with E-state index in [0.717, 1.165) is 35.6 Å². The Kier molecular flexibility index (Phi) is 4.85. The van der Waals surface area contributed by atoms with Crippen LogP contribution in [-0.2, 0) is 6.42 Å². The summed E-state index contributed by atoms with van der Waals surface area (Å²) in [5, 5.41) is 0. The number of anilines is 1. The fourth-order valence-electron chi connectivity index (χ4n) is 2.38. The molecule has 2 aromatic rings. The van der Waals surface area contributed by atoms with Crippen LogP contribution in [0.3, 0.4) is 0 Å². The number of nitrogens with zero attached hydrogens (tertiary/aromatic N) is 3. The topological polar surface area (TPSA) is 55.0 Å². The van der Waals surface area contributed by atoms with Crippen LogP contribution in [0.5, 0.6) is 0 Å². The fraction of sp³-hybridized carbons (Fsp3) is 0.312. The highest BCUT2D eigenvalue weighted by Crippen LogP contribution is 2.23. The minimum Gasteiger partial charge on any atom is -0.389 e. The Morgan fingerprint density at radius 3 is 2.57 bits per heavy atom. The highest BCUT2D eigenvalue weighted by atomic mass is 32.1. The summed E-state index contributed by atoms with van der Waals surface area (Å²) in [6.45, 7) is 4.81. The van der Waals surface area contributed by atoms with E-state index >= 15 is 0 Å². The predicted octanol–water partition coefficient (Wildman–Crippen LogP) is 2.41. The van der Waals surface area contributed by atoms with E-state index in [1.807, 2.05) is 44.4 Å². The number of nitrogens with two attached hydrogens (primary N) is 1. The molecule has 0 spiro atoms. The van der Waals surface area contributed by atoms with Crippen molar-refractivity contribution in [2.24, 2.45) is 5.73 Å². The van der Waals surface area contributed by atoms with Gasteiger partial charge in [0.15, 0.2) is 0 Å². The van der Waals surface area contributed by atoms with Gasteiger partial charge in [0.2, 0.25) is 0 Å². The van der Waals surface area contributed by atoms with Crippen molar-refractivity contribution < 1.29 is 0 Å². The molecule has 0 bridgehead atoms. The van der Waals surface area contributed by atoms with Crippen LogP contribution in [0, 0.1) is 13.8 Å². The molecule has 110 valence electrons. The minimum absolute atomic E-state index is 0.394. The molecule has 0 atom stereocenters. The lowest BCUT2D eigenvalue weighted by Crippen LogP contribution is -2.25. The van der Waals surface area contributed by atoms with E-state index in [2.05, 4.69) is 21.9 Å². The molecular weight excluding hydrogens is 280 g/mol. The van der Waals surface area contributed by atoms with Gasteiger partial charge < -0.3 is 10.6 Å². The zero-order valence-corrected chi connectivity index (χ0v) is 13.4. The second-order valence-electron chi connectivity index (χ2n) is 5.13. The van der Waals surface area contributed by atoms with Crippen molar-refractivity contribution in [1.29, 1.82) is 0 Å². The first-order valence-corrected chi connectivity index (χ1v) is 7.28. The number of hydrogen-bond donors (Lipinski definition) is 1. The van der Waals surface area contributed by atoms with Gasteiger partial charge in [0, 0.05) is 37.4 Å². The summed E-state index contributed by atoms with van der Waals surface area (Å²) in [7, 11) is 2.05. The van der Waals surface area contributed by atoms with Crippen molar-refractivity contribution in [3.05, 3.63) is 53.1 Å². The fourth-order valence-corrected chi connectivity index (χ4v) is 2.63. The van der Waals surface area contributed by atoms with Crippen molar-refractivity contribution in [3.63, 3.8) is 0 Å². The number of thiocarbonyl (C=S) groups is 1. The Labute approximate surface area is 131 Å². The molecule has 0 saturated heterocycles. The number of rotatable bonds is 5.